The van der Waals surface area contributed by atoms with E-state index in [4.69, 9.17) is 4.74 Å². The first-order valence-corrected chi connectivity index (χ1v) is 9.60. The van der Waals surface area contributed by atoms with Crippen molar-refractivity contribution in [2.45, 2.75) is 32.9 Å². The van der Waals surface area contributed by atoms with Crippen molar-refractivity contribution in [2.75, 3.05) is 30.4 Å². The van der Waals surface area contributed by atoms with E-state index < -0.39 is 11.7 Å². The lowest BCUT2D eigenvalue weighted by molar-refractivity contribution is 0.0528. The van der Waals surface area contributed by atoms with Crippen molar-refractivity contribution in [1.29, 1.82) is 0 Å². The number of hydrogen-bond acceptors (Lipinski definition) is 4. The SMILES string of the molecule is CN(Cc1ccccc1)c1ccccc1NC(=O)NCCNC(=O)OC(C)(C)C. The Morgan fingerprint density at radius 3 is 2.24 bits per heavy atom. The van der Waals surface area contributed by atoms with Gasteiger partial charge >= 0.3 is 12.1 Å². The molecule has 0 saturated heterocycles. The maximum Gasteiger partial charge on any atom is 0.407 e. The number of para-hydroxylation sites is 2. The Morgan fingerprint density at radius 2 is 1.55 bits per heavy atom. The molecule has 0 fully saturated rings. The molecule has 0 aliphatic heterocycles. The topological polar surface area (TPSA) is 82.7 Å². The molecule has 0 aliphatic carbocycles. The van der Waals surface area contributed by atoms with Crippen LogP contribution in [0.25, 0.3) is 0 Å². The highest BCUT2D eigenvalue weighted by Crippen LogP contribution is 2.25. The molecule has 0 unspecified atom stereocenters. The van der Waals surface area contributed by atoms with Crippen molar-refractivity contribution in [3.8, 4) is 0 Å². The van der Waals surface area contributed by atoms with Crippen LogP contribution in [0.3, 0.4) is 0 Å². The molecule has 0 radical (unpaired) electrons. The van der Waals surface area contributed by atoms with E-state index in [1.165, 1.54) is 5.56 Å². The zero-order valence-corrected chi connectivity index (χ0v) is 17.5. The van der Waals surface area contributed by atoms with Crippen LogP contribution in [0, 0.1) is 0 Å². The van der Waals surface area contributed by atoms with E-state index in [-0.39, 0.29) is 19.1 Å². The Bertz CT molecular complexity index is 803. The number of carbonyl (C=O) groups excluding carboxylic acids is 2. The summed E-state index contributed by atoms with van der Waals surface area (Å²) in [5.41, 5.74) is 2.26. The predicted molar refractivity (Wildman–Crippen MR) is 116 cm³/mol. The Hall–Kier alpha value is -3.22. The van der Waals surface area contributed by atoms with Crippen molar-refractivity contribution in [3.63, 3.8) is 0 Å². The fourth-order valence-corrected chi connectivity index (χ4v) is 2.68. The second-order valence-electron chi connectivity index (χ2n) is 7.67. The largest absolute Gasteiger partial charge is 0.444 e. The first-order chi connectivity index (χ1) is 13.7. The summed E-state index contributed by atoms with van der Waals surface area (Å²) in [5, 5.41) is 8.20. The van der Waals surface area contributed by atoms with E-state index in [0.29, 0.717) is 5.69 Å². The lowest BCUT2D eigenvalue weighted by atomic mass is 10.2. The molecule has 2 aromatic carbocycles. The zero-order chi connectivity index (χ0) is 21.3. The Labute approximate surface area is 172 Å². The molecule has 0 heterocycles. The Balaban J connectivity index is 1.84. The summed E-state index contributed by atoms with van der Waals surface area (Å²) in [5.74, 6) is 0. The van der Waals surface area contributed by atoms with Gasteiger partial charge in [-0.2, -0.15) is 0 Å². The van der Waals surface area contributed by atoms with Gasteiger partial charge < -0.3 is 25.6 Å². The number of carbonyl (C=O) groups is 2. The normalized spacial score (nSPS) is 10.8. The fourth-order valence-electron chi connectivity index (χ4n) is 2.68. The number of rotatable bonds is 7. The number of nitrogens with one attached hydrogen (secondary N) is 3. The maximum atomic E-state index is 12.2. The molecule has 0 atom stereocenters. The molecule has 0 aromatic heterocycles. The van der Waals surface area contributed by atoms with Crippen LogP contribution < -0.4 is 20.9 Å². The van der Waals surface area contributed by atoms with Crippen molar-refractivity contribution >= 4 is 23.5 Å². The lowest BCUT2D eigenvalue weighted by Crippen LogP contribution is -2.39. The van der Waals surface area contributed by atoms with E-state index in [1.807, 2.05) is 49.5 Å². The van der Waals surface area contributed by atoms with Crippen LogP contribution >= 0.6 is 0 Å². The van der Waals surface area contributed by atoms with Gasteiger partial charge in [0.2, 0.25) is 0 Å². The van der Waals surface area contributed by atoms with E-state index in [1.54, 1.807) is 20.8 Å². The molecular formula is C22H30N4O3. The standard InChI is InChI=1S/C22H30N4O3/c1-22(2,3)29-21(28)24-15-14-23-20(27)25-18-12-8-9-13-19(18)26(4)16-17-10-6-5-7-11-17/h5-13H,14-16H2,1-4H3,(H,24,28)(H2,23,25,27). The van der Waals surface area contributed by atoms with Gasteiger partial charge in [0.1, 0.15) is 5.60 Å². The molecule has 2 aromatic rings. The highest BCUT2D eigenvalue weighted by atomic mass is 16.6. The number of benzene rings is 2. The van der Waals surface area contributed by atoms with Gasteiger partial charge in [0.05, 0.1) is 11.4 Å². The molecule has 3 N–H and O–H groups in total. The number of amides is 3. The number of urea groups is 1. The molecular weight excluding hydrogens is 368 g/mol. The van der Waals surface area contributed by atoms with Crippen LogP contribution in [-0.2, 0) is 11.3 Å². The van der Waals surface area contributed by atoms with Gasteiger partial charge in [-0.25, -0.2) is 9.59 Å². The first kappa shape index (κ1) is 22.1. The second kappa shape index (κ2) is 10.4. The van der Waals surface area contributed by atoms with Gasteiger partial charge in [-0.15, -0.1) is 0 Å². The van der Waals surface area contributed by atoms with E-state index >= 15 is 0 Å². The summed E-state index contributed by atoms with van der Waals surface area (Å²) in [6, 6.07) is 17.4. The molecule has 156 valence electrons. The minimum atomic E-state index is -0.551. The van der Waals surface area contributed by atoms with Gasteiger partial charge in [-0.1, -0.05) is 42.5 Å². The molecule has 0 aliphatic rings. The number of hydrogen-bond donors (Lipinski definition) is 3. The summed E-state index contributed by atoms with van der Waals surface area (Å²) >= 11 is 0. The molecule has 29 heavy (non-hydrogen) atoms. The Kier molecular flexibility index (Phi) is 7.88. The van der Waals surface area contributed by atoms with Gasteiger partial charge in [0.15, 0.2) is 0 Å². The van der Waals surface area contributed by atoms with Crippen molar-refractivity contribution < 1.29 is 14.3 Å². The van der Waals surface area contributed by atoms with E-state index in [2.05, 4.69) is 33.0 Å². The quantitative estimate of drug-likeness (QED) is 0.617. The van der Waals surface area contributed by atoms with Crippen molar-refractivity contribution in [1.82, 2.24) is 10.6 Å². The third kappa shape index (κ3) is 8.13. The number of anilines is 2. The first-order valence-electron chi connectivity index (χ1n) is 9.60. The number of nitrogens with zero attached hydrogens (tertiary/aromatic N) is 1. The van der Waals surface area contributed by atoms with Gasteiger partial charge in [-0.3, -0.25) is 0 Å². The van der Waals surface area contributed by atoms with Crippen molar-refractivity contribution in [3.05, 3.63) is 60.2 Å². The third-order valence-electron chi connectivity index (χ3n) is 3.90. The smallest absolute Gasteiger partial charge is 0.407 e. The third-order valence-corrected chi connectivity index (χ3v) is 3.90. The van der Waals surface area contributed by atoms with Crippen LogP contribution in [0.15, 0.2) is 54.6 Å². The molecule has 0 saturated carbocycles. The van der Waals surface area contributed by atoms with Gasteiger partial charge in [0.25, 0.3) is 0 Å². The lowest BCUT2D eigenvalue weighted by Gasteiger charge is -2.23. The minimum absolute atomic E-state index is 0.276. The van der Waals surface area contributed by atoms with Crippen molar-refractivity contribution in [2.24, 2.45) is 0 Å². The van der Waals surface area contributed by atoms with Crippen LogP contribution in [0.2, 0.25) is 0 Å². The average molecular weight is 399 g/mol. The van der Waals surface area contributed by atoms with Crippen LogP contribution in [-0.4, -0.2) is 37.9 Å². The molecule has 0 bridgehead atoms. The summed E-state index contributed by atoms with van der Waals surface area (Å²) in [4.78, 5) is 25.9. The number of alkyl carbamates (subject to hydrolysis) is 1. The van der Waals surface area contributed by atoms with Crippen LogP contribution in [0.1, 0.15) is 26.3 Å². The molecule has 7 heteroatoms. The minimum Gasteiger partial charge on any atom is -0.444 e. The zero-order valence-electron chi connectivity index (χ0n) is 17.5. The highest BCUT2D eigenvalue weighted by molar-refractivity contribution is 5.93. The number of ether oxygens (including phenoxy) is 1. The fraction of sp³-hybridized carbons (Fsp3) is 0.364. The van der Waals surface area contributed by atoms with Gasteiger partial charge in [-0.05, 0) is 38.5 Å². The summed E-state index contributed by atoms with van der Waals surface area (Å²) < 4.78 is 5.15. The monoisotopic (exact) mass is 398 g/mol. The molecule has 7 nitrogen and oxygen atoms in total. The van der Waals surface area contributed by atoms with Crippen LogP contribution in [0.4, 0.5) is 21.0 Å². The summed E-state index contributed by atoms with van der Waals surface area (Å²) in [6.07, 6.45) is -0.507. The van der Waals surface area contributed by atoms with Gasteiger partial charge in [0, 0.05) is 26.7 Å². The molecule has 0 spiro atoms. The van der Waals surface area contributed by atoms with E-state index in [0.717, 1.165) is 12.2 Å². The summed E-state index contributed by atoms with van der Waals surface area (Å²) in [7, 11) is 1.98. The predicted octanol–water partition coefficient (Wildman–Crippen LogP) is 3.97. The maximum absolute atomic E-state index is 12.2. The molecule has 2 rings (SSSR count). The average Bonchev–Trinajstić information content (AvgIpc) is 2.65. The molecule has 3 amide bonds. The highest BCUT2D eigenvalue weighted by Gasteiger charge is 2.15. The van der Waals surface area contributed by atoms with Crippen LogP contribution in [0.5, 0.6) is 0 Å². The van der Waals surface area contributed by atoms with E-state index in [9.17, 15) is 9.59 Å². The second-order valence-corrected chi connectivity index (χ2v) is 7.67. The Morgan fingerprint density at radius 1 is 0.931 bits per heavy atom. The summed E-state index contributed by atoms with van der Waals surface area (Å²) in [6.45, 7) is 6.67.